The Labute approximate surface area is 193 Å². The summed E-state index contributed by atoms with van der Waals surface area (Å²) in [6.07, 6.45) is 4.10. The van der Waals surface area contributed by atoms with Crippen LogP contribution in [0, 0.1) is 0 Å². The number of thioether (sulfide) groups is 1. The van der Waals surface area contributed by atoms with Gasteiger partial charge in [-0.15, -0.1) is 11.8 Å². The van der Waals surface area contributed by atoms with Crippen molar-refractivity contribution in [3.8, 4) is 11.4 Å². The van der Waals surface area contributed by atoms with Gasteiger partial charge in [0.25, 0.3) is 0 Å². The minimum absolute atomic E-state index is 0. The van der Waals surface area contributed by atoms with E-state index in [9.17, 15) is 0 Å². The minimum Gasteiger partial charge on any atom is -0.356 e. The molecule has 3 rings (SSSR count). The van der Waals surface area contributed by atoms with Gasteiger partial charge >= 0.3 is 0 Å². The predicted molar refractivity (Wildman–Crippen MR) is 136 cm³/mol. The molecule has 0 aliphatic carbocycles. The molecule has 0 fully saturated rings. The van der Waals surface area contributed by atoms with Crippen molar-refractivity contribution in [3.05, 3.63) is 54.2 Å². The largest absolute Gasteiger partial charge is 0.356 e. The first-order valence-corrected chi connectivity index (χ1v) is 11.4. The number of nitrogens with one attached hydrogen (secondary N) is 3. The van der Waals surface area contributed by atoms with Gasteiger partial charge in [0.15, 0.2) is 0 Å². The highest BCUT2D eigenvalue weighted by Gasteiger charge is 2.10. The molecular formula is C20H29N7S3. The van der Waals surface area contributed by atoms with Crippen molar-refractivity contribution in [1.29, 1.82) is 0 Å². The van der Waals surface area contributed by atoms with Gasteiger partial charge < -0.3 is 10.2 Å². The Balaban J connectivity index is 0.00000320. The number of hydrogen-bond acceptors (Lipinski definition) is 5. The van der Waals surface area contributed by atoms with Gasteiger partial charge in [-0.2, -0.15) is 13.5 Å². The second-order valence-corrected chi connectivity index (χ2v) is 8.02. The maximum atomic E-state index is 4.80. The second kappa shape index (κ2) is 11.9. The standard InChI is InChI=1S/C20H27N7S2.H2S/c1-5-22-20(21-2)25-29-27-14-18(24-27)17-7-6-8-19(23-17)26(3)13-15-9-11-16(28-4)12-10-15;/h6-12,14,24H,5,13H2,1-4H3,(H2,21,22,25);1H2. The van der Waals surface area contributed by atoms with Crippen LogP contribution in [0.1, 0.15) is 12.5 Å². The van der Waals surface area contributed by atoms with Gasteiger partial charge in [-0.1, -0.05) is 18.2 Å². The van der Waals surface area contributed by atoms with Crippen LogP contribution in [-0.2, 0) is 6.54 Å². The van der Waals surface area contributed by atoms with E-state index >= 15 is 0 Å². The Morgan fingerprint density at radius 1 is 1.23 bits per heavy atom. The molecule has 0 saturated carbocycles. The summed E-state index contributed by atoms with van der Waals surface area (Å²) in [7, 11) is 3.81. The van der Waals surface area contributed by atoms with Crippen LogP contribution in [-0.4, -0.2) is 47.0 Å². The first-order valence-electron chi connectivity index (χ1n) is 9.35. The lowest BCUT2D eigenvalue weighted by Gasteiger charge is -2.20. The number of guanidine groups is 1. The topological polar surface area (TPSA) is 73.3 Å². The van der Waals surface area contributed by atoms with E-state index in [1.807, 2.05) is 35.4 Å². The summed E-state index contributed by atoms with van der Waals surface area (Å²) in [4.78, 5) is 12.4. The van der Waals surface area contributed by atoms with E-state index < -0.39 is 0 Å². The summed E-state index contributed by atoms with van der Waals surface area (Å²) in [6.45, 7) is 3.67. The average Bonchev–Trinajstić information content (AvgIpc) is 2.72. The van der Waals surface area contributed by atoms with Crippen molar-refractivity contribution in [2.24, 2.45) is 4.99 Å². The Morgan fingerprint density at radius 2 is 1.97 bits per heavy atom. The van der Waals surface area contributed by atoms with E-state index in [0.29, 0.717) is 0 Å². The number of aliphatic imine (C=N–C) groups is 1. The van der Waals surface area contributed by atoms with Crippen LogP contribution >= 0.6 is 37.4 Å². The summed E-state index contributed by atoms with van der Waals surface area (Å²) in [6, 6.07) is 14.7. The zero-order valence-corrected chi connectivity index (χ0v) is 20.3. The summed E-state index contributed by atoms with van der Waals surface area (Å²) in [5.74, 6) is 1.68. The number of aromatic nitrogens is 3. The van der Waals surface area contributed by atoms with Crippen LogP contribution in [0.2, 0.25) is 0 Å². The fourth-order valence-electron chi connectivity index (χ4n) is 2.70. The van der Waals surface area contributed by atoms with E-state index in [4.69, 9.17) is 4.98 Å². The van der Waals surface area contributed by atoms with Gasteiger partial charge in [0, 0.05) is 32.1 Å². The zero-order chi connectivity index (χ0) is 20.6. The second-order valence-electron chi connectivity index (χ2n) is 6.36. The smallest absolute Gasteiger partial charge is 0.202 e. The van der Waals surface area contributed by atoms with E-state index in [1.54, 1.807) is 18.8 Å². The number of H-pyrrole nitrogens is 1. The molecule has 0 radical (unpaired) electrons. The van der Waals surface area contributed by atoms with Crippen molar-refractivity contribution in [1.82, 2.24) is 24.2 Å². The SMILES string of the molecule is CCNC(=NC)NSn1cc(-c2cccc(N(C)Cc3ccc(SC)cc3)n2)[nH]1.S. The molecule has 3 N–H and O–H groups in total. The first kappa shape index (κ1) is 24.1. The van der Waals surface area contributed by atoms with Crippen molar-refractivity contribution < 1.29 is 0 Å². The molecule has 2 aromatic heterocycles. The molecule has 0 amide bonds. The number of benzene rings is 1. The Morgan fingerprint density at radius 3 is 2.60 bits per heavy atom. The summed E-state index contributed by atoms with van der Waals surface area (Å²) in [5.41, 5.74) is 3.17. The maximum absolute atomic E-state index is 4.80. The Bertz CT molecular complexity index is 922. The maximum Gasteiger partial charge on any atom is 0.202 e. The lowest BCUT2D eigenvalue weighted by atomic mass is 10.2. The van der Waals surface area contributed by atoms with Crippen LogP contribution in [0.5, 0.6) is 0 Å². The molecule has 0 saturated heterocycles. The average molecular weight is 464 g/mol. The number of hydrogen-bond donors (Lipinski definition) is 3. The lowest BCUT2D eigenvalue weighted by Crippen LogP contribution is -2.34. The summed E-state index contributed by atoms with van der Waals surface area (Å²) < 4.78 is 5.03. The monoisotopic (exact) mass is 463 g/mol. The first-order chi connectivity index (χ1) is 14.1. The van der Waals surface area contributed by atoms with E-state index in [1.165, 1.54) is 22.6 Å². The van der Waals surface area contributed by atoms with Crippen molar-refractivity contribution in [2.75, 3.05) is 31.8 Å². The summed E-state index contributed by atoms with van der Waals surface area (Å²) in [5, 5.41) is 6.42. The van der Waals surface area contributed by atoms with Crippen molar-refractivity contribution in [2.45, 2.75) is 18.4 Å². The molecule has 1 aromatic carbocycles. The lowest BCUT2D eigenvalue weighted by molar-refractivity contribution is 0.875. The molecule has 3 aromatic rings. The van der Waals surface area contributed by atoms with E-state index in [0.717, 1.165) is 36.3 Å². The molecule has 10 heteroatoms. The summed E-state index contributed by atoms with van der Waals surface area (Å²) >= 11 is 3.17. The molecular weight excluding hydrogens is 434 g/mol. The molecule has 0 spiro atoms. The molecule has 0 bridgehead atoms. The number of rotatable bonds is 8. The normalized spacial score (nSPS) is 11.1. The molecule has 0 aliphatic heterocycles. The third kappa shape index (κ3) is 6.41. The molecule has 7 nitrogen and oxygen atoms in total. The van der Waals surface area contributed by atoms with Crippen molar-refractivity contribution in [3.63, 3.8) is 0 Å². The number of anilines is 1. The van der Waals surface area contributed by atoms with Gasteiger partial charge in [0.1, 0.15) is 5.82 Å². The zero-order valence-electron chi connectivity index (χ0n) is 17.6. The Kier molecular flexibility index (Phi) is 9.54. The van der Waals surface area contributed by atoms with Crippen LogP contribution in [0.15, 0.2) is 58.5 Å². The van der Waals surface area contributed by atoms with Gasteiger partial charge in [-0.25, -0.2) is 9.07 Å². The molecule has 0 aliphatic rings. The number of aromatic amines is 1. The highest BCUT2D eigenvalue weighted by molar-refractivity contribution is 7.98. The predicted octanol–water partition coefficient (Wildman–Crippen LogP) is 3.95. The van der Waals surface area contributed by atoms with Gasteiger partial charge in [-0.3, -0.25) is 14.8 Å². The molecule has 162 valence electrons. The van der Waals surface area contributed by atoms with Crippen molar-refractivity contribution >= 4 is 49.2 Å². The highest BCUT2D eigenvalue weighted by atomic mass is 32.2. The fourth-order valence-corrected chi connectivity index (χ4v) is 3.75. The number of nitrogens with zero attached hydrogens (tertiary/aromatic N) is 4. The van der Waals surface area contributed by atoms with Crippen LogP contribution < -0.4 is 14.9 Å². The van der Waals surface area contributed by atoms with Gasteiger partial charge in [0.2, 0.25) is 5.96 Å². The molecule has 2 heterocycles. The van der Waals surface area contributed by atoms with E-state index in [2.05, 4.69) is 62.6 Å². The van der Waals surface area contributed by atoms with Gasteiger partial charge in [-0.05, 0) is 43.0 Å². The highest BCUT2D eigenvalue weighted by Crippen LogP contribution is 2.22. The quantitative estimate of drug-likeness (QED) is 0.203. The van der Waals surface area contributed by atoms with Crippen LogP contribution in [0.25, 0.3) is 11.4 Å². The molecule has 30 heavy (non-hydrogen) atoms. The van der Waals surface area contributed by atoms with E-state index in [-0.39, 0.29) is 13.5 Å². The van der Waals surface area contributed by atoms with Crippen LogP contribution in [0.3, 0.4) is 0 Å². The molecule has 0 unspecified atom stereocenters. The van der Waals surface area contributed by atoms with Gasteiger partial charge in [0.05, 0.1) is 29.7 Å². The fraction of sp³-hybridized carbons (Fsp3) is 0.300. The third-order valence-corrected chi connectivity index (χ3v) is 5.69. The molecule has 0 atom stereocenters. The van der Waals surface area contributed by atoms with Crippen LogP contribution in [0.4, 0.5) is 5.82 Å². The third-order valence-electron chi connectivity index (χ3n) is 4.27. The minimum atomic E-state index is 0. The number of pyridine rings is 1. The Hall–Kier alpha value is -2.17.